The number of aromatic nitrogens is 1. The van der Waals surface area contributed by atoms with E-state index in [0.717, 1.165) is 67.8 Å². The molecule has 2 aromatic rings. The lowest BCUT2D eigenvalue weighted by Crippen LogP contribution is -2.39. The number of guanidine groups is 1. The zero-order chi connectivity index (χ0) is 22.2. The molecule has 1 aromatic heterocycles. The summed E-state index contributed by atoms with van der Waals surface area (Å²) in [5, 5.41) is 6.88. The van der Waals surface area contributed by atoms with E-state index in [4.69, 9.17) is 9.47 Å². The number of anilines is 1. The molecule has 0 radical (unpaired) electrons. The highest BCUT2D eigenvalue weighted by molar-refractivity contribution is 14.0. The summed E-state index contributed by atoms with van der Waals surface area (Å²) in [6.45, 7) is 6.65. The Morgan fingerprint density at radius 3 is 2.58 bits per heavy atom. The average Bonchev–Trinajstić information content (AvgIpc) is 3.34. The lowest BCUT2D eigenvalue weighted by atomic mass is 10.1. The van der Waals surface area contributed by atoms with Crippen LogP contribution in [-0.4, -0.2) is 50.4 Å². The third kappa shape index (κ3) is 7.20. The topological polar surface area (TPSA) is 71.0 Å². The molecule has 0 spiro atoms. The Morgan fingerprint density at radius 2 is 1.85 bits per heavy atom. The van der Waals surface area contributed by atoms with Crippen molar-refractivity contribution in [2.24, 2.45) is 4.99 Å². The van der Waals surface area contributed by atoms with Crippen LogP contribution < -0.4 is 20.3 Å². The minimum Gasteiger partial charge on any atom is -0.490 e. The van der Waals surface area contributed by atoms with Crippen molar-refractivity contribution in [3.8, 4) is 5.75 Å². The molecule has 0 atom stereocenters. The number of nitrogens with one attached hydrogen (secondary N) is 2. The minimum atomic E-state index is 0. The molecule has 33 heavy (non-hydrogen) atoms. The largest absolute Gasteiger partial charge is 0.490 e. The van der Waals surface area contributed by atoms with Crippen LogP contribution in [0.2, 0.25) is 0 Å². The molecule has 2 aliphatic rings. The molecule has 180 valence electrons. The molecule has 1 saturated heterocycles. The second kappa shape index (κ2) is 13.0. The van der Waals surface area contributed by atoms with Gasteiger partial charge in [-0.2, -0.15) is 0 Å². The van der Waals surface area contributed by atoms with E-state index in [0.29, 0.717) is 19.2 Å². The smallest absolute Gasteiger partial charge is 0.191 e. The highest BCUT2D eigenvalue weighted by atomic mass is 127. The molecule has 7 nitrogen and oxygen atoms in total. The molecular formula is C25H36IN5O2. The third-order valence-electron chi connectivity index (χ3n) is 6.11. The van der Waals surface area contributed by atoms with Crippen LogP contribution in [0.15, 0.2) is 41.5 Å². The van der Waals surface area contributed by atoms with Crippen molar-refractivity contribution in [1.29, 1.82) is 0 Å². The van der Waals surface area contributed by atoms with Gasteiger partial charge in [-0.05, 0) is 50.3 Å². The first-order chi connectivity index (χ1) is 15.7. The van der Waals surface area contributed by atoms with E-state index >= 15 is 0 Å². The van der Waals surface area contributed by atoms with Crippen LogP contribution in [0.25, 0.3) is 0 Å². The van der Waals surface area contributed by atoms with Crippen molar-refractivity contribution in [3.63, 3.8) is 0 Å². The fourth-order valence-corrected chi connectivity index (χ4v) is 4.31. The van der Waals surface area contributed by atoms with E-state index < -0.39 is 0 Å². The van der Waals surface area contributed by atoms with Crippen LogP contribution in [0.5, 0.6) is 5.75 Å². The van der Waals surface area contributed by atoms with E-state index in [-0.39, 0.29) is 24.0 Å². The Kier molecular flexibility index (Phi) is 10.1. The Balaban J connectivity index is 0.00000306. The van der Waals surface area contributed by atoms with Crippen molar-refractivity contribution in [2.45, 2.75) is 51.8 Å². The molecule has 1 aliphatic heterocycles. The number of benzene rings is 1. The first-order valence-corrected chi connectivity index (χ1v) is 11.7. The predicted octanol–water partition coefficient (Wildman–Crippen LogP) is 4.03. The highest BCUT2D eigenvalue weighted by Gasteiger charge is 2.19. The molecule has 0 amide bonds. The van der Waals surface area contributed by atoms with E-state index in [9.17, 15) is 0 Å². The second-order valence-electron chi connectivity index (χ2n) is 8.50. The number of hydrogen-bond acceptors (Lipinski definition) is 5. The molecule has 1 aliphatic carbocycles. The van der Waals surface area contributed by atoms with Gasteiger partial charge in [-0.1, -0.05) is 18.2 Å². The maximum Gasteiger partial charge on any atom is 0.191 e. The van der Waals surface area contributed by atoms with Gasteiger partial charge in [0.2, 0.25) is 0 Å². The lowest BCUT2D eigenvalue weighted by Gasteiger charge is -2.29. The predicted molar refractivity (Wildman–Crippen MR) is 144 cm³/mol. The van der Waals surface area contributed by atoms with Crippen LogP contribution in [0.3, 0.4) is 0 Å². The van der Waals surface area contributed by atoms with Crippen molar-refractivity contribution in [1.82, 2.24) is 15.6 Å². The van der Waals surface area contributed by atoms with Gasteiger partial charge in [-0.25, -0.2) is 4.98 Å². The number of ether oxygens (including phenoxy) is 2. The molecule has 4 rings (SSSR count). The summed E-state index contributed by atoms with van der Waals surface area (Å²) >= 11 is 0. The van der Waals surface area contributed by atoms with Gasteiger partial charge in [0.25, 0.3) is 0 Å². The number of nitrogens with zero attached hydrogens (tertiary/aromatic N) is 3. The number of morpholine rings is 1. The molecule has 0 bridgehead atoms. The van der Waals surface area contributed by atoms with Gasteiger partial charge in [0.05, 0.1) is 19.3 Å². The fourth-order valence-electron chi connectivity index (χ4n) is 4.31. The van der Waals surface area contributed by atoms with Gasteiger partial charge in [0.15, 0.2) is 5.96 Å². The number of rotatable bonds is 7. The second-order valence-corrected chi connectivity index (χ2v) is 8.50. The summed E-state index contributed by atoms with van der Waals surface area (Å²) in [7, 11) is 1.80. The number of aliphatic imine (C=N–C) groups is 1. The van der Waals surface area contributed by atoms with Crippen molar-refractivity contribution >= 4 is 35.8 Å². The van der Waals surface area contributed by atoms with E-state index in [1.807, 2.05) is 12.3 Å². The first kappa shape index (κ1) is 25.6. The lowest BCUT2D eigenvalue weighted by molar-refractivity contribution is 0.122. The maximum absolute atomic E-state index is 6.34. The number of hydrogen-bond donors (Lipinski definition) is 2. The molecule has 2 N–H and O–H groups in total. The quantitative estimate of drug-likeness (QED) is 0.300. The maximum atomic E-state index is 6.34. The summed E-state index contributed by atoms with van der Waals surface area (Å²) in [6, 6.07) is 10.5. The van der Waals surface area contributed by atoms with Gasteiger partial charge in [-0.3, -0.25) is 4.99 Å². The zero-order valence-corrected chi connectivity index (χ0v) is 22.0. The molecular weight excluding hydrogens is 529 g/mol. The molecule has 1 saturated carbocycles. The number of aryl methyl sites for hydroxylation is 1. The Hall–Kier alpha value is -2.07. The highest BCUT2D eigenvalue weighted by Crippen LogP contribution is 2.27. The number of pyridine rings is 1. The summed E-state index contributed by atoms with van der Waals surface area (Å²) in [6.07, 6.45) is 7.03. The molecule has 1 aromatic carbocycles. The Labute approximate surface area is 214 Å². The standard InChI is InChI=1S/C25H35N5O2.HI/c1-19-9-10-20(23(16-19)32-22-7-3-4-8-22)17-28-25(26-2)29-18-21-6-5-11-27-24(21)30-12-14-31-15-13-30;/h5-6,9-11,16,22H,3-4,7-8,12-15,17-18H2,1-2H3,(H2,26,28,29);1H. The van der Waals surface area contributed by atoms with Crippen LogP contribution >= 0.6 is 24.0 Å². The summed E-state index contributed by atoms with van der Waals surface area (Å²) in [5.41, 5.74) is 3.52. The zero-order valence-electron chi connectivity index (χ0n) is 19.7. The molecule has 2 fully saturated rings. The van der Waals surface area contributed by atoms with Crippen LogP contribution in [0.1, 0.15) is 42.4 Å². The van der Waals surface area contributed by atoms with Gasteiger partial charge in [0, 0.05) is 50.6 Å². The molecule has 0 unspecified atom stereocenters. The van der Waals surface area contributed by atoms with Crippen molar-refractivity contribution in [2.75, 3.05) is 38.3 Å². The van der Waals surface area contributed by atoms with Gasteiger partial charge in [-0.15, -0.1) is 24.0 Å². The van der Waals surface area contributed by atoms with Crippen molar-refractivity contribution in [3.05, 3.63) is 53.2 Å². The normalized spacial score (nSPS) is 16.9. The van der Waals surface area contributed by atoms with Gasteiger partial charge >= 0.3 is 0 Å². The van der Waals surface area contributed by atoms with Crippen LogP contribution in [0, 0.1) is 6.92 Å². The summed E-state index contributed by atoms with van der Waals surface area (Å²) in [5.74, 6) is 2.76. The van der Waals surface area contributed by atoms with Gasteiger partial charge in [0.1, 0.15) is 11.6 Å². The van der Waals surface area contributed by atoms with Gasteiger partial charge < -0.3 is 25.0 Å². The van der Waals surface area contributed by atoms with Crippen LogP contribution in [-0.2, 0) is 17.8 Å². The minimum absolute atomic E-state index is 0. The van der Waals surface area contributed by atoms with Crippen molar-refractivity contribution < 1.29 is 9.47 Å². The Morgan fingerprint density at radius 1 is 1.12 bits per heavy atom. The molecule has 2 heterocycles. The monoisotopic (exact) mass is 565 g/mol. The number of halogens is 1. The molecule has 8 heteroatoms. The van der Waals surface area contributed by atoms with Crippen LogP contribution in [0.4, 0.5) is 5.82 Å². The summed E-state index contributed by atoms with van der Waals surface area (Å²) in [4.78, 5) is 11.3. The average molecular weight is 566 g/mol. The Bertz CT molecular complexity index is 911. The third-order valence-corrected chi connectivity index (χ3v) is 6.11. The summed E-state index contributed by atoms with van der Waals surface area (Å²) < 4.78 is 11.8. The fraction of sp³-hybridized carbons (Fsp3) is 0.520. The first-order valence-electron chi connectivity index (χ1n) is 11.7. The SMILES string of the molecule is CN=C(NCc1ccc(C)cc1OC1CCCC1)NCc1cccnc1N1CCOCC1.I. The van der Waals surface area contributed by atoms with E-state index in [1.54, 1.807) is 7.05 Å². The van der Waals surface area contributed by atoms with E-state index in [2.05, 4.69) is 56.7 Å². The van der Waals surface area contributed by atoms with E-state index in [1.165, 1.54) is 18.4 Å².